The van der Waals surface area contributed by atoms with Gasteiger partial charge in [-0.05, 0) is 35.7 Å². The van der Waals surface area contributed by atoms with Crippen LogP contribution in [0.5, 0.6) is 0 Å². The Bertz CT molecular complexity index is 934. The number of hydrogen-bond acceptors (Lipinski definition) is 5. The minimum absolute atomic E-state index is 0.140. The van der Waals surface area contributed by atoms with E-state index < -0.39 is 11.9 Å². The number of carbonyl (C=O) groups excluding carboxylic acids is 2. The maximum absolute atomic E-state index is 12.9. The van der Waals surface area contributed by atoms with Crippen molar-refractivity contribution in [1.29, 1.82) is 0 Å². The van der Waals surface area contributed by atoms with Gasteiger partial charge in [-0.3, -0.25) is 19.4 Å². The van der Waals surface area contributed by atoms with Crippen LogP contribution in [-0.4, -0.2) is 53.0 Å². The number of nitrogens with two attached hydrogens (primary N) is 1. The molecule has 3 N–H and O–H groups in total. The first-order valence-corrected chi connectivity index (χ1v) is 9.21. The molecular formula is C21H24N4O4. The summed E-state index contributed by atoms with van der Waals surface area (Å²) in [4.78, 5) is 37.3. The fourth-order valence-corrected chi connectivity index (χ4v) is 3.44. The van der Waals surface area contributed by atoms with Crippen molar-refractivity contribution in [2.24, 2.45) is 5.73 Å². The van der Waals surface area contributed by atoms with Crippen molar-refractivity contribution in [3.05, 3.63) is 64.7 Å². The molecule has 152 valence electrons. The molecule has 1 aliphatic rings. The molecule has 1 aliphatic heterocycles. The number of primary amides is 1. The van der Waals surface area contributed by atoms with Gasteiger partial charge in [0.2, 0.25) is 5.91 Å². The molecule has 2 aromatic carbocycles. The third-order valence-corrected chi connectivity index (χ3v) is 5.10. The van der Waals surface area contributed by atoms with Gasteiger partial charge in [0.25, 0.3) is 5.91 Å². The van der Waals surface area contributed by atoms with Crippen LogP contribution < -0.4 is 10.6 Å². The lowest BCUT2D eigenvalue weighted by Gasteiger charge is -2.31. The lowest BCUT2D eigenvalue weighted by molar-refractivity contribution is -0.145. The third-order valence-electron chi connectivity index (χ3n) is 5.10. The van der Waals surface area contributed by atoms with Gasteiger partial charge in [-0.25, -0.2) is 5.01 Å². The molecule has 0 saturated carbocycles. The molecule has 1 heterocycles. The molecule has 0 unspecified atom stereocenters. The van der Waals surface area contributed by atoms with E-state index in [-0.39, 0.29) is 24.6 Å². The number of amides is 2. The molecule has 2 aromatic rings. The normalized spacial score (nSPS) is 13.0. The summed E-state index contributed by atoms with van der Waals surface area (Å²) in [6.07, 6.45) is 0. The SMILES string of the molecule is Cc1ccc(C(N)=O)cc1N(CC(=O)O)CC(=O)N(C)N1Cc2ccccc2C1. The molecule has 8 heteroatoms. The first-order valence-electron chi connectivity index (χ1n) is 9.21. The minimum atomic E-state index is -1.07. The first kappa shape index (κ1) is 20.3. The maximum Gasteiger partial charge on any atom is 0.323 e. The van der Waals surface area contributed by atoms with Crippen molar-refractivity contribution in [3.8, 4) is 0 Å². The van der Waals surface area contributed by atoms with Crippen LogP contribution in [0.3, 0.4) is 0 Å². The van der Waals surface area contributed by atoms with Crippen LogP contribution in [0.4, 0.5) is 5.69 Å². The van der Waals surface area contributed by atoms with Crippen LogP contribution in [0.25, 0.3) is 0 Å². The number of aliphatic carboxylic acids is 1. The Morgan fingerprint density at radius 1 is 1.07 bits per heavy atom. The summed E-state index contributed by atoms with van der Waals surface area (Å²) in [6.45, 7) is 2.52. The number of nitrogens with zero attached hydrogens (tertiary/aromatic N) is 3. The largest absolute Gasteiger partial charge is 0.480 e. The van der Waals surface area contributed by atoms with E-state index in [1.807, 2.05) is 29.3 Å². The van der Waals surface area contributed by atoms with E-state index in [1.54, 1.807) is 26.1 Å². The number of carboxylic acid groups (broad SMARTS) is 1. The van der Waals surface area contributed by atoms with Gasteiger partial charge in [-0.2, -0.15) is 0 Å². The number of hydrogen-bond donors (Lipinski definition) is 2. The van der Waals surface area contributed by atoms with Gasteiger partial charge in [0.05, 0.1) is 6.54 Å². The van der Waals surface area contributed by atoms with Crippen molar-refractivity contribution in [3.63, 3.8) is 0 Å². The van der Waals surface area contributed by atoms with Gasteiger partial charge >= 0.3 is 5.97 Å². The number of anilines is 1. The molecule has 8 nitrogen and oxygen atoms in total. The lowest BCUT2D eigenvalue weighted by atomic mass is 10.1. The van der Waals surface area contributed by atoms with Crippen LogP contribution in [0, 0.1) is 6.92 Å². The van der Waals surface area contributed by atoms with Crippen LogP contribution in [0.2, 0.25) is 0 Å². The second-order valence-corrected chi connectivity index (χ2v) is 7.12. The molecule has 0 spiro atoms. The number of fused-ring (bicyclic) bond motifs is 1. The number of rotatable bonds is 7. The summed E-state index contributed by atoms with van der Waals surface area (Å²) in [7, 11) is 1.68. The Labute approximate surface area is 169 Å². The van der Waals surface area contributed by atoms with Crippen LogP contribution >= 0.6 is 0 Å². The monoisotopic (exact) mass is 396 g/mol. The summed E-state index contributed by atoms with van der Waals surface area (Å²) in [6, 6.07) is 12.8. The predicted octanol–water partition coefficient (Wildman–Crippen LogP) is 1.37. The van der Waals surface area contributed by atoms with E-state index in [0.29, 0.717) is 18.8 Å². The zero-order chi connectivity index (χ0) is 21.1. The van der Waals surface area contributed by atoms with Crippen LogP contribution in [0.1, 0.15) is 27.0 Å². The molecule has 0 radical (unpaired) electrons. The molecule has 29 heavy (non-hydrogen) atoms. The van der Waals surface area contributed by atoms with Crippen molar-refractivity contribution in [1.82, 2.24) is 10.0 Å². The van der Waals surface area contributed by atoms with Crippen LogP contribution in [0.15, 0.2) is 42.5 Å². The van der Waals surface area contributed by atoms with E-state index in [4.69, 9.17) is 5.73 Å². The van der Waals surface area contributed by atoms with E-state index in [0.717, 1.165) is 5.56 Å². The highest BCUT2D eigenvalue weighted by Crippen LogP contribution is 2.25. The molecular weight excluding hydrogens is 372 g/mol. The molecule has 0 saturated heterocycles. The van der Waals surface area contributed by atoms with Gasteiger partial charge in [0.15, 0.2) is 0 Å². The van der Waals surface area contributed by atoms with E-state index in [9.17, 15) is 19.5 Å². The number of aryl methyl sites for hydroxylation is 1. The molecule has 0 aliphatic carbocycles. The quantitative estimate of drug-likeness (QED) is 0.732. The van der Waals surface area contributed by atoms with Crippen molar-refractivity contribution in [2.45, 2.75) is 20.0 Å². The van der Waals surface area contributed by atoms with Crippen LogP contribution in [-0.2, 0) is 22.7 Å². The molecule has 0 atom stereocenters. The van der Waals surface area contributed by atoms with E-state index in [2.05, 4.69) is 0 Å². The lowest BCUT2D eigenvalue weighted by Crippen LogP contribution is -2.47. The second kappa shape index (κ2) is 8.32. The number of hydrazine groups is 1. The standard InChI is InChI=1S/C21H24N4O4/c1-14-7-8-15(21(22)29)9-18(14)24(13-20(27)28)12-19(26)23(2)25-10-16-5-3-4-6-17(16)11-25/h3-9H,10-13H2,1-2H3,(H2,22,29)(H,27,28). The van der Waals surface area contributed by atoms with E-state index >= 15 is 0 Å². The summed E-state index contributed by atoms with van der Waals surface area (Å²) < 4.78 is 0. The fraction of sp³-hybridized carbons (Fsp3) is 0.286. The van der Waals surface area contributed by atoms with Gasteiger partial charge in [-0.1, -0.05) is 30.3 Å². The van der Waals surface area contributed by atoms with Crippen molar-refractivity contribution < 1.29 is 19.5 Å². The minimum Gasteiger partial charge on any atom is -0.480 e. The smallest absolute Gasteiger partial charge is 0.323 e. The van der Waals surface area contributed by atoms with Crippen molar-refractivity contribution >= 4 is 23.5 Å². The Balaban J connectivity index is 1.79. The first-order chi connectivity index (χ1) is 13.8. The molecule has 2 amide bonds. The highest BCUT2D eigenvalue weighted by molar-refractivity contribution is 5.94. The molecule has 0 fully saturated rings. The molecule has 3 rings (SSSR count). The zero-order valence-electron chi connectivity index (χ0n) is 16.5. The fourth-order valence-electron chi connectivity index (χ4n) is 3.44. The second-order valence-electron chi connectivity index (χ2n) is 7.12. The molecule has 0 aromatic heterocycles. The number of carbonyl (C=O) groups is 3. The Kier molecular flexibility index (Phi) is 5.84. The summed E-state index contributed by atoms with van der Waals surface area (Å²) in [5, 5.41) is 12.8. The average Bonchev–Trinajstić information content (AvgIpc) is 3.10. The Hall–Kier alpha value is -3.39. The van der Waals surface area contributed by atoms with Crippen molar-refractivity contribution in [2.75, 3.05) is 25.0 Å². The molecule has 0 bridgehead atoms. The summed E-state index contributed by atoms with van der Waals surface area (Å²) in [5.74, 6) is -1.93. The topological polar surface area (TPSA) is 107 Å². The zero-order valence-corrected chi connectivity index (χ0v) is 16.5. The van der Waals surface area contributed by atoms with Gasteiger partial charge < -0.3 is 15.7 Å². The van der Waals surface area contributed by atoms with Gasteiger partial charge in [-0.15, -0.1) is 0 Å². The predicted molar refractivity (Wildman–Crippen MR) is 108 cm³/mol. The summed E-state index contributed by atoms with van der Waals surface area (Å²) >= 11 is 0. The van der Waals surface area contributed by atoms with Gasteiger partial charge in [0, 0.05) is 31.4 Å². The van der Waals surface area contributed by atoms with E-state index in [1.165, 1.54) is 27.1 Å². The highest BCUT2D eigenvalue weighted by atomic mass is 16.4. The highest BCUT2D eigenvalue weighted by Gasteiger charge is 2.27. The Morgan fingerprint density at radius 3 is 2.24 bits per heavy atom. The average molecular weight is 396 g/mol. The number of carboxylic acids is 1. The maximum atomic E-state index is 12.9. The number of likely N-dealkylation sites (N-methyl/N-ethyl adjacent to an activating group) is 1. The van der Waals surface area contributed by atoms with Gasteiger partial charge in [0.1, 0.15) is 6.54 Å². The summed E-state index contributed by atoms with van der Waals surface area (Å²) in [5.41, 5.74) is 9.19. The third kappa shape index (κ3) is 4.55. The number of benzene rings is 2. The Morgan fingerprint density at radius 2 is 1.69 bits per heavy atom.